The van der Waals surface area contributed by atoms with Gasteiger partial charge in [0, 0.05) is 31.9 Å². The molecule has 0 aliphatic carbocycles. The Kier molecular flexibility index (Phi) is 5.52. The number of amides is 1. The Bertz CT molecular complexity index is 625. The molecule has 0 bridgehead atoms. The van der Waals surface area contributed by atoms with Crippen molar-refractivity contribution in [3.8, 4) is 0 Å². The van der Waals surface area contributed by atoms with Crippen molar-refractivity contribution in [2.75, 3.05) is 44.6 Å². The van der Waals surface area contributed by atoms with E-state index in [2.05, 4.69) is 17.1 Å². The number of sulfonamides is 1. The van der Waals surface area contributed by atoms with Gasteiger partial charge in [0.1, 0.15) is 0 Å². The predicted octanol–water partition coefficient (Wildman–Crippen LogP) is -0.0900. The van der Waals surface area contributed by atoms with Gasteiger partial charge in [-0.25, -0.2) is 8.42 Å². The van der Waals surface area contributed by atoms with E-state index in [4.69, 9.17) is 5.73 Å². The molecule has 0 radical (unpaired) electrons. The third-order valence-corrected chi connectivity index (χ3v) is 5.61. The van der Waals surface area contributed by atoms with Gasteiger partial charge in [-0.3, -0.25) is 4.79 Å². The highest BCUT2D eigenvalue weighted by Crippen LogP contribution is 2.20. The molecule has 22 heavy (non-hydrogen) atoms. The fourth-order valence-electron chi connectivity index (χ4n) is 2.38. The zero-order chi connectivity index (χ0) is 16.2. The zero-order valence-corrected chi connectivity index (χ0v) is 13.5. The van der Waals surface area contributed by atoms with Gasteiger partial charge in [-0.05, 0) is 24.7 Å². The second-order valence-corrected chi connectivity index (χ2v) is 7.06. The van der Waals surface area contributed by atoms with Gasteiger partial charge >= 0.3 is 0 Å². The Morgan fingerprint density at radius 1 is 1.27 bits per heavy atom. The normalized spacial score (nSPS) is 17.4. The summed E-state index contributed by atoms with van der Waals surface area (Å²) in [6.07, 6.45) is 0. The molecule has 0 spiro atoms. The summed E-state index contributed by atoms with van der Waals surface area (Å²) in [5.74, 6) is -0.355. The van der Waals surface area contributed by atoms with Crippen LogP contribution in [0.1, 0.15) is 6.92 Å². The number of piperazine rings is 1. The summed E-state index contributed by atoms with van der Waals surface area (Å²) in [6, 6.07) is 6.26. The highest BCUT2D eigenvalue weighted by Gasteiger charge is 2.28. The van der Waals surface area contributed by atoms with Crippen LogP contribution in [0, 0.1) is 0 Å². The number of rotatable bonds is 5. The molecule has 1 amide bonds. The molecule has 122 valence electrons. The SMILES string of the molecule is CCN1CCN(S(=O)(=O)c2cccc(NC(=O)CN)c2)CC1. The van der Waals surface area contributed by atoms with Crippen LogP contribution >= 0.6 is 0 Å². The molecule has 0 saturated carbocycles. The minimum atomic E-state index is -3.53. The smallest absolute Gasteiger partial charge is 0.243 e. The standard InChI is InChI=1S/C14H22N4O3S/c1-2-17-6-8-18(9-7-17)22(20,21)13-5-3-4-12(10-13)16-14(19)11-15/h3-5,10H,2,6-9,11,15H2,1H3,(H,16,19). The second kappa shape index (κ2) is 7.19. The van der Waals surface area contributed by atoms with E-state index in [9.17, 15) is 13.2 Å². The van der Waals surface area contributed by atoms with E-state index >= 15 is 0 Å². The molecule has 2 rings (SSSR count). The van der Waals surface area contributed by atoms with Gasteiger partial charge in [0.25, 0.3) is 0 Å². The first-order chi connectivity index (χ1) is 10.5. The van der Waals surface area contributed by atoms with Gasteiger partial charge in [-0.1, -0.05) is 13.0 Å². The molecule has 1 aromatic rings. The second-order valence-electron chi connectivity index (χ2n) is 5.12. The fourth-order valence-corrected chi connectivity index (χ4v) is 3.85. The number of nitrogens with zero attached hydrogens (tertiary/aromatic N) is 2. The maximum atomic E-state index is 12.7. The Morgan fingerprint density at radius 2 is 1.95 bits per heavy atom. The number of carbonyl (C=O) groups is 1. The van der Waals surface area contributed by atoms with Crippen molar-refractivity contribution in [2.45, 2.75) is 11.8 Å². The quantitative estimate of drug-likeness (QED) is 0.788. The van der Waals surface area contributed by atoms with Gasteiger partial charge < -0.3 is 16.0 Å². The summed E-state index contributed by atoms with van der Waals surface area (Å²) < 4.78 is 26.8. The van der Waals surface area contributed by atoms with E-state index in [1.165, 1.54) is 10.4 Å². The minimum absolute atomic E-state index is 0.143. The highest BCUT2D eigenvalue weighted by molar-refractivity contribution is 7.89. The van der Waals surface area contributed by atoms with Crippen LogP contribution in [0.4, 0.5) is 5.69 Å². The Hall–Kier alpha value is -1.48. The van der Waals surface area contributed by atoms with Gasteiger partial charge in [0.15, 0.2) is 0 Å². The van der Waals surface area contributed by atoms with Gasteiger partial charge in [0.2, 0.25) is 15.9 Å². The van der Waals surface area contributed by atoms with Crippen LogP contribution in [0.25, 0.3) is 0 Å². The summed E-state index contributed by atoms with van der Waals surface area (Å²) >= 11 is 0. The molecule has 3 N–H and O–H groups in total. The lowest BCUT2D eigenvalue weighted by Gasteiger charge is -2.33. The summed E-state index contributed by atoms with van der Waals surface area (Å²) in [5.41, 5.74) is 5.68. The molecule has 1 fully saturated rings. The third-order valence-electron chi connectivity index (χ3n) is 3.72. The van der Waals surface area contributed by atoms with E-state index in [0.717, 1.165) is 19.6 Å². The Labute approximate surface area is 131 Å². The Balaban J connectivity index is 2.16. The average Bonchev–Trinajstić information content (AvgIpc) is 2.55. The Morgan fingerprint density at radius 3 is 2.55 bits per heavy atom. The molecule has 8 heteroatoms. The molecule has 1 aliphatic heterocycles. The zero-order valence-electron chi connectivity index (χ0n) is 12.7. The summed E-state index contributed by atoms with van der Waals surface area (Å²) in [4.78, 5) is 13.7. The van der Waals surface area contributed by atoms with Crippen molar-refractivity contribution in [3.63, 3.8) is 0 Å². The number of nitrogens with two attached hydrogens (primary N) is 1. The van der Waals surface area contributed by atoms with Crippen molar-refractivity contribution in [2.24, 2.45) is 5.73 Å². The van der Waals surface area contributed by atoms with Crippen LogP contribution in [0.5, 0.6) is 0 Å². The number of nitrogens with one attached hydrogen (secondary N) is 1. The molecule has 0 atom stereocenters. The molecular formula is C14H22N4O3S. The lowest BCUT2D eigenvalue weighted by atomic mass is 10.3. The topological polar surface area (TPSA) is 95.7 Å². The highest BCUT2D eigenvalue weighted by atomic mass is 32.2. The van der Waals surface area contributed by atoms with Crippen LogP contribution in [0.2, 0.25) is 0 Å². The molecule has 1 aromatic carbocycles. The van der Waals surface area contributed by atoms with E-state index in [-0.39, 0.29) is 17.3 Å². The average molecular weight is 326 g/mol. The first kappa shape index (κ1) is 16.9. The monoisotopic (exact) mass is 326 g/mol. The minimum Gasteiger partial charge on any atom is -0.325 e. The number of hydrogen-bond donors (Lipinski definition) is 2. The van der Waals surface area contributed by atoms with Gasteiger partial charge in [-0.15, -0.1) is 0 Å². The van der Waals surface area contributed by atoms with E-state index in [0.29, 0.717) is 18.8 Å². The molecule has 0 unspecified atom stereocenters. The van der Waals surface area contributed by atoms with E-state index in [1.807, 2.05) is 0 Å². The maximum Gasteiger partial charge on any atom is 0.243 e. The van der Waals surface area contributed by atoms with Crippen molar-refractivity contribution < 1.29 is 13.2 Å². The van der Waals surface area contributed by atoms with Crippen LogP contribution in [0.3, 0.4) is 0 Å². The lowest BCUT2D eigenvalue weighted by molar-refractivity contribution is -0.114. The number of anilines is 1. The van der Waals surface area contributed by atoms with Crippen LogP contribution in [-0.2, 0) is 14.8 Å². The molecule has 1 heterocycles. The number of hydrogen-bond acceptors (Lipinski definition) is 5. The van der Waals surface area contributed by atoms with Gasteiger partial charge in [-0.2, -0.15) is 4.31 Å². The number of benzene rings is 1. The largest absolute Gasteiger partial charge is 0.325 e. The maximum absolute atomic E-state index is 12.7. The molecule has 0 aromatic heterocycles. The first-order valence-electron chi connectivity index (χ1n) is 7.30. The summed E-state index contributed by atoms with van der Waals surface area (Å²) in [5, 5.41) is 2.57. The summed E-state index contributed by atoms with van der Waals surface area (Å²) in [6.45, 7) is 5.28. The predicted molar refractivity (Wildman–Crippen MR) is 85.0 cm³/mol. The van der Waals surface area contributed by atoms with Gasteiger partial charge in [0.05, 0.1) is 11.4 Å². The molecule has 1 saturated heterocycles. The third kappa shape index (κ3) is 3.83. The summed E-state index contributed by atoms with van der Waals surface area (Å²) in [7, 11) is -3.53. The van der Waals surface area contributed by atoms with Crippen molar-refractivity contribution in [1.29, 1.82) is 0 Å². The number of carbonyl (C=O) groups excluding carboxylic acids is 1. The molecule has 7 nitrogen and oxygen atoms in total. The fraction of sp³-hybridized carbons (Fsp3) is 0.500. The van der Waals surface area contributed by atoms with Crippen molar-refractivity contribution in [1.82, 2.24) is 9.21 Å². The van der Waals surface area contributed by atoms with Crippen molar-refractivity contribution >= 4 is 21.6 Å². The van der Waals surface area contributed by atoms with Crippen LogP contribution in [-0.4, -0.2) is 62.8 Å². The number of likely N-dealkylation sites (N-methyl/N-ethyl adjacent to an activating group) is 1. The lowest BCUT2D eigenvalue weighted by Crippen LogP contribution is -2.48. The molecule has 1 aliphatic rings. The van der Waals surface area contributed by atoms with Crippen molar-refractivity contribution in [3.05, 3.63) is 24.3 Å². The van der Waals surface area contributed by atoms with E-state index < -0.39 is 10.0 Å². The first-order valence-corrected chi connectivity index (χ1v) is 8.74. The van der Waals surface area contributed by atoms with Crippen LogP contribution < -0.4 is 11.1 Å². The van der Waals surface area contributed by atoms with E-state index in [1.54, 1.807) is 18.2 Å². The molecular weight excluding hydrogens is 304 g/mol. The van der Waals surface area contributed by atoms with Crippen LogP contribution in [0.15, 0.2) is 29.2 Å².